The normalized spacial score (nSPS) is 19.4. The van der Waals surface area contributed by atoms with E-state index in [0.29, 0.717) is 6.07 Å². The van der Waals surface area contributed by atoms with Gasteiger partial charge in [0, 0.05) is 19.0 Å². The third kappa shape index (κ3) is 2.01. The van der Waals surface area contributed by atoms with Crippen molar-refractivity contribution >= 4 is 28.9 Å². The number of benzene rings is 1. The molecule has 0 saturated carbocycles. The molecule has 0 aromatic heterocycles. The van der Waals surface area contributed by atoms with Crippen LogP contribution in [0.4, 0.5) is 20.2 Å². The Labute approximate surface area is 105 Å². The van der Waals surface area contributed by atoms with Crippen molar-refractivity contribution in [2.75, 3.05) is 11.4 Å². The van der Waals surface area contributed by atoms with Gasteiger partial charge >= 0.3 is 5.69 Å². The van der Waals surface area contributed by atoms with E-state index in [1.165, 1.54) is 0 Å². The molecule has 1 aliphatic rings. The van der Waals surface area contributed by atoms with Crippen LogP contribution in [0.15, 0.2) is 12.1 Å². The molecule has 96 valence electrons. The van der Waals surface area contributed by atoms with E-state index in [-0.39, 0.29) is 13.0 Å². The minimum Gasteiger partial charge on any atom is -0.305 e. The minimum absolute atomic E-state index is 0.0525. The Bertz CT molecular complexity index is 538. The second-order valence-corrected chi connectivity index (χ2v) is 4.41. The van der Waals surface area contributed by atoms with E-state index in [9.17, 15) is 23.7 Å². The number of nitro benzene ring substituents is 1. The third-order valence-electron chi connectivity index (χ3n) is 2.59. The van der Waals surface area contributed by atoms with Crippen molar-refractivity contribution in [1.82, 2.24) is 0 Å². The van der Waals surface area contributed by atoms with E-state index in [2.05, 4.69) is 0 Å². The lowest BCUT2D eigenvalue weighted by Gasteiger charge is -2.17. The third-order valence-corrected chi connectivity index (χ3v) is 2.88. The van der Waals surface area contributed by atoms with E-state index in [0.717, 1.165) is 11.0 Å². The molecule has 0 radical (unpaired) electrons. The van der Waals surface area contributed by atoms with Crippen LogP contribution < -0.4 is 4.90 Å². The summed E-state index contributed by atoms with van der Waals surface area (Å²) < 4.78 is 27.4. The van der Waals surface area contributed by atoms with E-state index in [1.807, 2.05) is 0 Å². The molecule has 0 spiro atoms. The van der Waals surface area contributed by atoms with Gasteiger partial charge in [-0.1, -0.05) is 0 Å². The first-order chi connectivity index (χ1) is 8.41. The Kier molecular flexibility index (Phi) is 3.16. The zero-order chi connectivity index (χ0) is 13.4. The molecule has 1 unspecified atom stereocenters. The van der Waals surface area contributed by atoms with Crippen LogP contribution in [0.3, 0.4) is 0 Å². The minimum atomic E-state index is -1.36. The average molecular weight is 277 g/mol. The molecule has 8 heteroatoms. The first-order valence-corrected chi connectivity index (χ1v) is 5.42. The SMILES string of the molecule is O=C1CC(Cl)CN1c1c(F)ccc([N+](=O)[O-])c1F. The molecule has 1 saturated heterocycles. The highest BCUT2D eigenvalue weighted by molar-refractivity contribution is 6.24. The van der Waals surface area contributed by atoms with Gasteiger partial charge in [-0.2, -0.15) is 4.39 Å². The van der Waals surface area contributed by atoms with Gasteiger partial charge in [0.15, 0.2) is 0 Å². The molecule has 1 aromatic rings. The number of halogens is 3. The number of hydrogen-bond donors (Lipinski definition) is 0. The lowest BCUT2D eigenvalue weighted by molar-refractivity contribution is -0.387. The molecule has 1 atom stereocenters. The van der Waals surface area contributed by atoms with Gasteiger partial charge in [-0.15, -0.1) is 11.6 Å². The van der Waals surface area contributed by atoms with Crippen LogP contribution in [-0.2, 0) is 4.79 Å². The maximum Gasteiger partial charge on any atom is 0.307 e. The van der Waals surface area contributed by atoms with Crippen LogP contribution in [-0.4, -0.2) is 22.8 Å². The summed E-state index contributed by atoms with van der Waals surface area (Å²) in [7, 11) is 0. The summed E-state index contributed by atoms with van der Waals surface area (Å²) >= 11 is 5.72. The highest BCUT2D eigenvalue weighted by atomic mass is 35.5. The molecule has 0 aliphatic carbocycles. The van der Waals surface area contributed by atoms with Crippen molar-refractivity contribution in [3.05, 3.63) is 33.9 Å². The molecule has 1 aromatic carbocycles. The summed E-state index contributed by atoms with van der Waals surface area (Å²) in [6.07, 6.45) is -0.0525. The molecule has 5 nitrogen and oxygen atoms in total. The highest BCUT2D eigenvalue weighted by Gasteiger charge is 2.35. The second kappa shape index (κ2) is 4.49. The van der Waals surface area contributed by atoms with Crippen molar-refractivity contribution in [2.45, 2.75) is 11.8 Å². The number of nitro groups is 1. The molecule has 0 N–H and O–H groups in total. The predicted molar refractivity (Wildman–Crippen MR) is 59.6 cm³/mol. The molecule has 1 aliphatic heterocycles. The smallest absolute Gasteiger partial charge is 0.305 e. The molecular formula is C10H7ClF2N2O3. The van der Waals surface area contributed by atoms with Crippen LogP contribution in [0.5, 0.6) is 0 Å². The zero-order valence-corrected chi connectivity index (χ0v) is 9.66. The van der Waals surface area contributed by atoms with E-state index < -0.39 is 39.2 Å². The van der Waals surface area contributed by atoms with E-state index in [4.69, 9.17) is 11.6 Å². The average Bonchev–Trinajstić information content (AvgIpc) is 2.57. The van der Waals surface area contributed by atoms with Gasteiger partial charge in [0.05, 0.1) is 10.3 Å². The molecule has 18 heavy (non-hydrogen) atoms. The summed E-state index contributed by atoms with van der Waals surface area (Å²) in [5, 5.41) is 10.00. The number of rotatable bonds is 2. The van der Waals surface area contributed by atoms with Gasteiger partial charge in [0.2, 0.25) is 11.7 Å². The Hall–Kier alpha value is -1.76. The zero-order valence-electron chi connectivity index (χ0n) is 8.90. The number of anilines is 1. The van der Waals surface area contributed by atoms with Gasteiger partial charge in [-0.05, 0) is 6.07 Å². The maximum atomic E-state index is 13.8. The van der Waals surface area contributed by atoms with Crippen LogP contribution >= 0.6 is 11.6 Å². The van der Waals surface area contributed by atoms with Crippen molar-refractivity contribution in [2.24, 2.45) is 0 Å². The van der Waals surface area contributed by atoms with Crippen molar-refractivity contribution < 1.29 is 18.5 Å². The summed E-state index contributed by atoms with van der Waals surface area (Å²) in [5.74, 6) is -2.95. The lowest BCUT2D eigenvalue weighted by atomic mass is 10.2. The number of hydrogen-bond acceptors (Lipinski definition) is 3. The number of amides is 1. The quantitative estimate of drug-likeness (QED) is 0.473. The van der Waals surface area contributed by atoms with Gasteiger partial charge in [0.25, 0.3) is 0 Å². The summed E-state index contributed by atoms with van der Waals surface area (Å²) in [6, 6.07) is 1.47. The van der Waals surface area contributed by atoms with Crippen molar-refractivity contribution in [3.8, 4) is 0 Å². The number of alkyl halides is 1. The monoisotopic (exact) mass is 276 g/mol. The number of nitrogens with zero attached hydrogens (tertiary/aromatic N) is 2. The summed E-state index contributed by atoms with van der Waals surface area (Å²) in [5.41, 5.74) is -1.59. The van der Waals surface area contributed by atoms with Crippen LogP contribution in [0.1, 0.15) is 6.42 Å². The Morgan fingerprint density at radius 1 is 1.44 bits per heavy atom. The lowest BCUT2D eigenvalue weighted by Crippen LogP contribution is -2.27. The van der Waals surface area contributed by atoms with Crippen LogP contribution in [0.2, 0.25) is 0 Å². The predicted octanol–water partition coefficient (Wildman–Crippen LogP) is 2.22. The Balaban J connectivity index is 2.53. The van der Waals surface area contributed by atoms with Gasteiger partial charge in [-0.25, -0.2) is 4.39 Å². The first-order valence-electron chi connectivity index (χ1n) is 4.98. The molecule has 1 heterocycles. The van der Waals surface area contributed by atoms with Gasteiger partial charge < -0.3 is 4.90 Å². The fourth-order valence-corrected chi connectivity index (χ4v) is 2.07. The number of carbonyl (C=O) groups is 1. The fourth-order valence-electron chi connectivity index (χ4n) is 1.80. The van der Waals surface area contributed by atoms with Crippen molar-refractivity contribution in [1.29, 1.82) is 0 Å². The second-order valence-electron chi connectivity index (χ2n) is 3.79. The van der Waals surface area contributed by atoms with Gasteiger partial charge in [-0.3, -0.25) is 14.9 Å². The maximum absolute atomic E-state index is 13.8. The highest BCUT2D eigenvalue weighted by Crippen LogP contribution is 2.33. The first kappa shape index (κ1) is 12.7. The van der Waals surface area contributed by atoms with E-state index >= 15 is 0 Å². The summed E-state index contributed by atoms with van der Waals surface area (Å²) in [6.45, 7) is -0.0740. The molecule has 1 fully saturated rings. The standard InChI is InChI=1S/C10H7ClF2N2O3/c11-5-3-8(16)14(4-5)10-6(12)1-2-7(9(10)13)15(17)18/h1-2,5H,3-4H2. The van der Waals surface area contributed by atoms with E-state index in [1.54, 1.807) is 0 Å². The van der Waals surface area contributed by atoms with Crippen molar-refractivity contribution in [3.63, 3.8) is 0 Å². The Morgan fingerprint density at radius 3 is 2.61 bits per heavy atom. The largest absolute Gasteiger partial charge is 0.307 e. The number of carbonyl (C=O) groups excluding carboxylic acids is 1. The molecular weight excluding hydrogens is 270 g/mol. The fraction of sp³-hybridized carbons (Fsp3) is 0.300. The van der Waals surface area contributed by atoms with Crippen LogP contribution in [0, 0.1) is 21.7 Å². The Morgan fingerprint density at radius 2 is 2.11 bits per heavy atom. The topological polar surface area (TPSA) is 63.5 Å². The molecule has 0 bridgehead atoms. The summed E-state index contributed by atoms with van der Waals surface area (Å²) in [4.78, 5) is 21.9. The molecule has 2 rings (SSSR count). The molecule has 1 amide bonds. The van der Waals surface area contributed by atoms with Gasteiger partial charge in [0.1, 0.15) is 11.5 Å². The van der Waals surface area contributed by atoms with Crippen LogP contribution in [0.25, 0.3) is 0 Å².